The summed E-state index contributed by atoms with van der Waals surface area (Å²) in [6.07, 6.45) is 0.440. The molecular formula is C16H24N2O3. The first-order valence-corrected chi connectivity index (χ1v) is 7.52. The second-order valence-corrected chi connectivity index (χ2v) is 5.22. The molecule has 1 aliphatic rings. The van der Waals surface area contributed by atoms with Gasteiger partial charge in [-0.05, 0) is 31.5 Å². The van der Waals surface area contributed by atoms with Gasteiger partial charge in [-0.25, -0.2) is 0 Å². The number of nitrogens with one attached hydrogen (secondary N) is 2. The molecule has 1 amide bonds. The van der Waals surface area contributed by atoms with Crippen LogP contribution >= 0.6 is 0 Å². The first-order valence-electron chi connectivity index (χ1n) is 7.52. The molecule has 116 valence electrons. The van der Waals surface area contributed by atoms with Gasteiger partial charge in [0.1, 0.15) is 5.75 Å². The second kappa shape index (κ2) is 8.00. The Morgan fingerprint density at radius 2 is 2.43 bits per heavy atom. The molecule has 0 bridgehead atoms. The van der Waals surface area contributed by atoms with Crippen LogP contribution in [0.5, 0.6) is 5.75 Å². The minimum absolute atomic E-state index is 0.0345. The average molecular weight is 292 g/mol. The smallest absolute Gasteiger partial charge is 0.222 e. The van der Waals surface area contributed by atoms with Gasteiger partial charge in [-0.2, -0.15) is 0 Å². The number of hydrogen-bond donors (Lipinski definition) is 2. The molecular weight excluding hydrogens is 268 g/mol. The van der Waals surface area contributed by atoms with Gasteiger partial charge < -0.3 is 20.1 Å². The fourth-order valence-electron chi connectivity index (χ4n) is 2.40. The molecule has 1 heterocycles. The fraction of sp³-hybridized carbons (Fsp3) is 0.562. The molecule has 21 heavy (non-hydrogen) atoms. The highest BCUT2D eigenvalue weighted by Crippen LogP contribution is 2.19. The van der Waals surface area contributed by atoms with Crippen molar-refractivity contribution in [2.24, 2.45) is 0 Å². The van der Waals surface area contributed by atoms with Crippen molar-refractivity contribution in [1.29, 1.82) is 0 Å². The number of hydrogen-bond acceptors (Lipinski definition) is 4. The van der Waals surface area contributed by atoms with Gasteiger partial charge in [0.2, 0.25) is 5.91 Å². The number of carbonyl (C=O) groups is 1. The Morgan fingerprint density at radius 3 is 3.14 bits per heavy atom. The third-order valence-electron chi connectivity index (χ3n) is 3.48. The Bertz CT molecular complexity index is 459. The molecule has 0 spiro atoms. The maximum atomic E-state index is 12.1. The van der Waals surface area contributed by atoms with Crippen molar-refractivity contribution in [3.05, 3.63) is 29.8 Å². The predicted octanol–water partition coefficient (Wildman–Crippen LogP) is 1.64. The number of carbonyl (C=O) groups excluding carboxylic acids is 1. The van der Waals surface area contributed by atoms with E-state index in [0.717, 1.165) is 24.5 Å². The first kappa shape index (κ1) is 15.8. The van der Waals surface area contributed by atoms with E-state index in [1.165, 1.54) is 0 Å². The van der Waals surface area contributed by atoms with Crippen molar-refractivity contribution in [2.45, 2.75) is 32.4 Å². The van der Waals surface area contributed by atoms with E-state index in [1.54, 1.807) is 0 Å². The molecule has 1 aliphatic heterocycles. The lowest BCUT2D eigenvalue weighted by Gasteiger charge is -2.24. The zero-order valence-electron chi connectivity index (χ0n) is 12.7. The van der Waals surface area contributed by atoms with Gasteiger partial charge >= 0.3 is 0 Å². The lowest BCUT2D eigenvalue weighted by atomic mass is 10.1. The van der Waals surface area contributed by atoms with E-state index < -0.39 is 0 Å². The van der Waals surface area contributed by atoms with Crippen LogP contribution in [0.4, 0.5) is 0 Å². The summed E-state index contributed by atoms with van der Waals surface area (Å²) in [6, 6.07) is 7.90. The highest BCUT2D eigenvalue weighted by atomic mass is 16.5. The van der Waals surface area contributed by atoms with Crippen LogP contribution in [0.2, 0.25) is 0 Å². The minimum Gasteiger partial charge on any atom is -0.494 e. The van der Waals surface area contributed by atoms with Gasteiger partial charge in [-0.15, -0.1) is 0 Å². The molecule has 0 aromatic heterocycles. The topological polar surface area (TPSA) is 59.6 Å². The maximum Gasteiger partial charge on any atom is 0.222 e. The fourth-order valence-corrected chi connectivity index (χ4v) is 2.40. The van der Waals surface area contributed by atoms with Gasteiger partial charge in [0.05, 0.1) is 25.9 Å². The normalized spacial score (nSPS) is 19.8. The molecule has 2 unspecified atom stereocenters. The van der Waals surface area contributed by atoms with Crippen LogP contribution in [0.3, 0.4) is 0 Å². The Labute approximate surface area is 126 Å². The quantitative estimate of drug-likeness (QED) is 0.837. The van der Waals surface area contributed by atoms with Gasteiger partial charge in [0, 0.05) is 19.0 Å². The van der Waals surface area contributed by atoms with Crippen LogP contribution in [0.1, 0.15) is 31.9 Å². The number of rotatable bonds is 6. The lowest BCUT2D eigenvalue weighted by Crippen LogP contribution is -2.44. The second-order valence-electron chi connectivity index (χ2n) is 5.22. The summed E-state index contributed by atoms with van der Waals surface area (Å²) in [4.78, 5) is 12.1. The number of ether oxygens (including phenoxy) is 2. The van der Waals surface area contributed by atoms with Crippen LogP contribution in [-0.2, 0) is 9.53 Å². The third kappa shape index (κ3) is 5.02. The third-order valence-corrected chi connectivity index (χ3v) is 3.48. The van der Waals surface area contributed by atoms with Crippen LogP contribution in [-0.4, -0.2) is 38.3 Å². The van der Waals surface area contributed by atoms with Crippen molar-refractivity contribution in [3.63, 3.8) is 0 Å². The van der Waals surface area contributed by atoms with Crippen molar-refractivity contribution < 1.29 is 14.3 Å². The molecule has 2 N–H and O–H groups in total. The van der Waals surface area contributed by atoms with Crippen molar-refractivity contribution in [3.8, 4) is 5.75 Å². The molecule has 0 aliphatic carbocycles. The zero-order valence-corrected chi connectivity index (χ0v) is 12.7. The molecule has 1 saturated heterocycles. The summed E-state index contributed by atoms with van der Waals surface area (Å²) >= 11 is 0. The van der Waals surface area contributed by atoms with E-state index in [9.17, 15) is 4.79 Å². The Balaban J connectivity index is 1.86. The van der Waals surface area contributed by atoms with E-state index in [2.05, 4.69) is 10.6 Å². The number of morpholine rings is 1. The van der Waals surface area contributed by atoms with Gasteiger partial charge in [0.15, 0.2) is 0 Å². The van der Waals surface area contributed by atoms with Crippen LogP contribution in [0.15, 0.2) is 24.3 Å². The molecule has 0 saturated carbocycles. The zero-order chi connectivity index (χ0) is 15.1. The van der Waals surface area contributed by atoms with Crippen molar-refractivity contribution >= 4 is 5.91 Å². The summed E-state index contributed by atoms with van der Waals surface area (Å²) < 4.78 is 10.8. The van der Waals surface area contributed by atoms with Gasteiger partial charge in [-0.1, -0.05) is 12.1 Å². The van der Waals surface area contributed by atoms with Crippen molar-refractivity contribution in [2.75, 3.05) is 26.4 Å². The highest BCUT2D eigenvalue weighted by molar-refractivity contribution is 5.77. The van der Waals surface area contributed by atoms with E-state index >= 15 is 0 Å². The minimum atomic E-state index is -0.0394. The summed E-state index contributed by atoms with van der Waals surface area (Å²) in [5.41, 5.74) is 1.04. The maximum absolute atomic E-state index is 12.1. The Hall–Kier alpha value is -1.59. The van der Waals surface area contributed by atoms with E-state index in [1.807, 2.05) is 38.1 Å². The molecule has 5 heteroatoms. The summed E-state index contributed by atoms with van der Waals surface area (Å²) in [5.74, 6) is 0.866. The van der Waals surface area contributed by atoms with E-state index in [4.69, 9.17) is 9.47 Å². The van der Waals surface area contributed by atoms with Crippen LogP contribution in [0, 0.1) is 0 Å². The first-order chi connectivity index (χ1) is 10.2. The van der Waals surface area contributed by atoms with Crippen LogP contribution in [0.25, 0.3) is 0 Å². The molecule has 1 fully saturated rings. The largest absolute Gasteiger partial charge is 0.494 e. The molecule has 2 rings (SSSR count). The molecule has 1 aromatic carbocycles. The van der Waals surface area contributed by atoms with Crippen LogP contribution < -0.4 is 15.4 Å². The molecule has 1 aromatic rings. The van der Waals surface area contributed by atoms with Crippen molar-refractivity contribution in [1.82, 2.24) is 10.6 Å². The Kier molecular flexibility index (Phi) is 6.02. The standard InChI is InChI=1S/C16H24N2O3/c1-3-21-15-6-4-5-13(9-15)12(2)18-16(19)10-14-11-20-8-7-17-14/h4-6,9,12,14,17H,3,7-8,10-11H2,1-2H3,(H,18,19). The number of benzene rings is 1. The summed E-state index contributed by atoms with van der Waals surface area (Å²) in [6.45, 7) is 6.70. The highest BCUT2D eigenvalue weighted by Gasteiger charge is 2.18. The molecule has 5 nitrogen and oxygen atoms in total. The summed E-state index contributed by atoms with van der Waals surface area (Å²) in [5, 5.41) is 6.31. The van der Waals surface area contributed by atoms with Gasteiger partial charge in [0.25, 0.3) is 0 Å². The monoisotopic (exact) mass is 292 g/mol. The predicted molar refractivity (Wildman–Crippen MR) is 81.4 cm³/mol. The van der Waals surface area contributed by atoms with Gasteiger partial charge in [-0.3, -0.25) is 4.79 Å². The molecule has 2 atom stereocenters. The summed E-state index contributed by atoms with van der Waals surface area (Å²) in [7, 11) is 0. The SMILES string of the molecule is CCOc1cccc(C(C)NC(=O)CC2COCCN2)c1. The van der Waals surface area contributed by atoms with E-state index in [-0.39, 0.29) is 18.0 Å². The molecule has 0 radical (unpaired) electrons. The Morgan fingerprint density at radius 1 is 1.57 bits per heavy atom. The number of amides is 1. The van der Waals surface area contributed by atoms with E-state index in [0.29, 0.717) is 19.6 Å². The lowest BCUT2D eigenvalue weighted by molar-refractivity contribution is -0.122. The average Bonchev–Trinajstić information content (AvgIpc) is 2.48.